The summed E-state index contributed by atoms with van der Waals surface area (Å²) in [5.41, 5.74) is 1.05. The predicted octanol–water partition coefficient (Wildman–Crippen LogP) is 6.12. The van der Waals surface area contributed by atoms with E-state index in [2.05, 4.69) is 30.8 Å². The second kappa shape index (κ2) is 11.0. The van der Waals surface area contributed by atoms with Gasteiger partial charge >= 0.3 is 12.2 Å². The van der Waals surface area contributed by atoms with Crippen molar-refractivity contribution in [1.82, 2.24) is 19.5 Å². The van der Waals surface area contributed by atoms with Gasteiger partial charge in [0.25, 0.3) is 0 Å². The van der Waals surface area contributed by atoms with Crippen LogP contribution in [0.5, 0.6) is 5.75 Å². The number of carboxylic acid groups (broad SMARTS) is 1. The molecule has 0 spiro atoms. The molecule has 1 aromatic carbocycles. The molecule has 11 nitrogen and oxygen atoms in total. The number of benzene rings is 1. The third-order valence-electron chi connectivity index (χ3n) is 7.78. The molecule has 5 rings (SSSR count). The lowest BCUT2D eigenvalue weighted by atomic mass is 9.77. The summed E-state index contributed by atoms with van der Waals surface area (Å²) in [6.45, 7) is 15.4. The number of amides is 2. The molecule has 1 fully saturated rings. The monoisotopic (exact) mass is 578 g/mol. The van der Waals surface area contributed by atoms with Crippen molar-refractivity contribution in [2.24, 2.45) is 5.41 Å². The average Bonchev–Trinajstić information content (AvgIpc) is 3.54. The van der Waals surface area contributed by atoms with Crippen molar-refractivity contribution in [3.63, 3.8) is 0 Å². The number of likely N-dealkylation sites (tertiary alicyclic amines) is 1. The molecule has 2 amide bonds. The van der Waals surface area contributed by atoms with Crippen LogP contribution in [0.3, 0.4) is 0 Å². The number of piperidine rings is 1. The highest BCUT2D eigenvalue weighted by Gasteiger charge is 2.47. The Labute approximate surface area is 247 Å². The third kappa shape index (κ3) is 5.56. The summed E-state index contributed by atoms with van der Waals surface area (Å²) in [5.74, 6) is 2.03. The Morgan fingerprint density at radius 3 is 2.40 bits per heavy atom. The highest BCUT2D eigenvalue weighted by molar-refractivity contribution is 5.97. The van der Waals surface area contributed by atoms with Crippen LogP contribution in [0.2, 0.25) is 0 Å². The maximum absolute atomic E-state index is 13.9. The van der Waals surface area contributed by atoms with Crippen LogP contribution in [0.4, 0.5) is 26.9 Å². The Morgan fingerprint density at radius 2 is 1.79 bits per heavy atom. The lowest BCUT2D eigenvalue weighted by Crippen LogP contribution is -2.61. The van der Waals surface area contributed by atoms with Gasteiger partial charge in [-0.3, -0.25) is 0 Å². The van der Waals surface area contributed by atoms with Crippen LogP contribution in [0.1, 0.15) is 66.9 Å². The van der Waals surface area contributed by atoms with Crippen LogP contribution in [0.25, 0.3) is 5.65 Å². The van der Waals surface area contributed by atoms with E-state index in [0.29, 0.717) is 49.0 Å². The molecule has 2 aliphatic rings. The molecule has 1 N–H and O–H groups in total. The van der Waals surface area contributed by atoms with Crippen LogP contribution < -0.4 is 14.5 Å². The van der Waals surface area contributed by atoms with Gasteiger partial charge in [0.05, 0.1) is 30.6 Å². The minimum atomic E-state index is -0.898. The molecule has 1 unspecified atom stereocenters. The molecule has 2 aliphatic heterocycles. The summed E-state index contributed by atoms with van der Waals surface area (Å²) in [4.78, 5) is 36.7. The van der Waals surface area contributed by atoms with E-state index in [1.165, 1.54) is 0 Å². The zero-order chi connectivity index (χ0) is 30.4. The van der Waals surface area contributed by atoms with Gasteiger partial charge in [-0.05, 0) is 76.6 Å². The van der Waals surface area contributed by atoms with Gasteiger partial charge in [0.2, 0.25) is 0 Å². The summed E-state index contributed by atoms with van der Waals surface area (Å²) in [6.07, 6.45) is 2.48. The maximum atomic E-state index is 13.9. The number of carbonyl (C=O) groups is 2. The molecule has 0 radical (unpaired) electrons. The Balaban J connectivity index is 1.67. The summed E-state index contributed by atoms with van der Waals surface area (Å²) in [7, 11) is 0. The van der Waals surface area contributed by atoms with E-state index in [-0.39, 0.29) is 17.5 Å². The fourth-order valence-corrected chi connectivity index (χ4v) is 6.34. The lowest BCUT2D eigenvalue weighted by Gasteiger charge is -2.50. The van der Waals surface area contributed by atoms with Crippen LogP contribution in [0.15, 0.2) is 36.5 Å². The van der Waals surface area contributed by atoms with E-state index < -0.39 is 17.8 Å². The molecule has 0 aliphatic carbocycles. The molecule has 2 aromatic heterocycles. The smallest absolute Gasteiger partial charge is 0.420 e. The zero-order valence-electron chi connectivity index (χ0n) is 25.6. The molecule has 2 atom stereocenters. The zero-order valence-corrected chi connectivity index (χ0v) is 25.6. The standard InChI is InChI=1S/C31H42N6O5/c1-8-41-21-13-11-20(12-14-21)36(29(40)42-31(5,6)7)27-22-16-19-34(26(22)33-24-15-17-32-37(24)27)23-10-9-18-35(28(38)39)25(23)30(2,3)4/h11-15,17,23,25H,8-10,16,18-19H2,1-7H3,(H,38,39)/t23?,25-/m1/s1. The second-order valence-electron chi connectivity index (χ2n) is 13.0. The Hall–Kier alpha value is -4.02. The SMILES string of the molecule is CCOc1ccc(N(C(=O)OC(C)(C)C)c2c3c(nc4ccnn24)N(C2CCCN(C(=O)O)[C@H]2C(C)(C)C)CC3)cc1. The van der Waals surface area contributed by atoms with Gasteiger partial charge in [-0.25, -0.2) is 19.5 Å². The molecule has 0 saturated carbocycles. The van der Waals surface area contributed by atoms with Gasteiger partial charge in [-0.15, -0.1) is 0 Å². The van der Waals surface area contributed by atoms with Gasteiger partial charge in [-0.2, -0.15) is 9.61 Å². The normalized spacial score (nSPS) is 19.1. The number of nitrogens with zero attached hydrogens (tertiary/aromatic N) is 6. The molecular weight excluding hydrogens is 536 g/mol. The van der Waals surface area contributed by atoms with E-state index in [1.807, 2.05) is 58.0 Å². The van der Waals surface area contributed by atoms with Crippen molar-refractivity contribution >= 4 is 35.2 Å². The second-order valence-corrected chi connectivity index (χ2v) is 13.0. The first kappa shape index (κ1) is 29.5. The first-order chi connectivity index (χ1) is 19.8. The maximum Gasteiger partial charge on any atom is 0.420 e. The molecule has 1 saturated heterocycles. The highest BCUT2D eigenvalue weighted by Crippen LogP contribution is 2.43. The van der Waals surface area contributed by atoms with Crippen LogP contribution in [-0.2, 0) is 11.2 Å². The van der Waals surface area contributed by atoms with Crippen LogP contribution in [-0.4, -0.2) is 74.2 Å². The van der Waals surface area contributed by atoms with Gasteiger partial charge in [-0.1, -0.05) is 20.8 Å². The van der Waals surface area contributed by atoms with Crippen molar-refractivity contribution in [3.05, 3.63) is 42.1 Å². The summed E-state index contributed by atoms with van der Waals surface area (Å²) >= 11 is 0. The van der Waals surface area contributed by atoms with E-state index in [1.54, 1.807) is 20.5 Å². The van der Waals surface area contributed by atoms with Crippen LogP contribution in [0, 0.1) is 5.41 Å². The first-order valence-electron chi connectivity index (χ1n) is 14.7. The van der Waals surface area contributed by atoms with E-state index in [0.717, 1.165) is 24.2 Å². The molecule has 4 heterocycles. The molecule has 0 bridgehead atoms. The number of anilines is 3. The minimum Gasteiger partial charge on any atom is -0.494 e. The largest absolute Gasteiger partial charge is 0.494 e. The fourth-order valence-electron chi connectivity index (χ4n) is 6.34. The van der Waals surface area contributed by atoms with Crippen molar-refractivity contribution in [2.75, 3.05) is 29.5 Å². The van der Waals surface area contributed by atoms with E-state index in [9.17, 15) is 14.7 Å². The van der Waals surface area contributed by atoms with Gasteiger partial charge < -0.3 is 24.4 Å². The number of ether oxygens (including phenoxy) is 2. The predicted molar refractivity (Wildman–Crippen MR) is 161 cm³/mol. The van der Waals surface area contributed by atoms with E-state index >= 15 is 0 Å². The fraction of sp³-hybridized carbons (Fsp3) is 0.548. The molecule has 3 aromatic rings. The Morgan fingerprint density at radius 1 is 1.07 bits per heavy atom. The number of hydrogen-bond acceptors (Lipinski definition) is 7. The van der Waals surface area contributed by atoms with E-state index in [4.69, 9.17) is 14.5 Å². The molecular formula is C31H42N6O5. The van der Waals surface area contributed by atoms with Crippen molar-refractivity contribution in [2.45, 2.75) is 85.4 Å². The summed E-state index contributed by atoms with van der Waals surface area (Å²) in [5, 5.41) is 14.7. The number of aromatic nitrogens is 3. The number of carbonyl (C=O) groups excluding carboxylic acids is 1. The number of fused-ring (bicyclic) bond motifs is 2. The lowest BCUT2D eigenvalue weighted by molar-refractivity contribution is 0.0454. The first-order valence-corrected chi connectivity index (χ1v) is 14.7. The topological polar surface area (TPSA) is 113 Å². The highest BCUT2D eigenvalue weighted by atomic mass is 16.6. The quantitative estimate of drug-likeness (QED) is 0.385. The van der Waals surface area contributed by atoms with Gasteiger partial charge in [0, 0.05) is 24.7 Å². The van der Waals surface area contributed by atoms with Crippen molar-refractivity contribution < 1.29 is 24.2 Å². The minimum absolute atomic E-state index is 0.0673. The third-order valence-corrected chi connectivity index (χ3v) is 7.78. The Bertz CT molecular complexity index is 1460. The van der Waals surface area contributed by atoms with Crippen LogP contribution >= 0.6 is 0 Å². The summed E-state index contributed by atoms with van der Waals surface area (Å²) in [6, 6.07) is 8.87. The molecule has 226 valence electrons. The number of hydrogen-bond donors (Lipinski definition) is 1. The average molecular weight is 579 g/mol. The van der Waals surface area contributed by atoms with Gasteiger partial charge in [0.1, 0.15) is 17.2 Å². The Kier molecular flexibility index (Phi) is 7.72. The van der Waals surface area contributed by atoms with Crippen molar-refractivity contribution in [3.8, 4) is 5.75 Å². The molecule has 42 heavy (non-hydrogen) atoms. The number of rotatable bonds is 5. The molecule has 11 heteroatoms. The summed E-state index contributed by atoms with van der Waals surface area (Å²) < 4.78 is 13.3. The van der Waals surface area contributed by atoms with Crippen molar-refractivity contribution in [1.29, 1.82) is 0 Å². The van der Waals surface area contributed by atoms with Gasteiger partial charge in [0.15, 0.2) is 11.5 Å².